The molecule has 0 unspecified atom stereocenters. The Morgan fingerprint density at radius 3 is 3.14 bits per heavy atom. The summed E-state index contributed by atoms with van der Waals surface area (Å²) < 4.78 is 11.5. The molecule has 0 bridgehead atoms. The summed E-state index contributed by atoms with van der Waals surface area (Å²) in [6.07, 6.45) is 0.305. The summed E-state index contributed by atoms with van der Waals surface area (Å²) in [4.78, 5) is 4.13. The summed E-state index contributed by atoms with van der Waals surface area (Å²) >= 11 is 8.03. The highest BCUT2D eigenvalue weighted by Crippen LogP contribution is 2.23. The van der Waals surface area contributed by atoms with Crippen LogP contribution in [-0.4, -0.2) is 16.0 Å². The maximum absolute atomic E-state index is 5.81. The number of hydrogen-bond donors (Lipinski definition) is 0. The minimum absolute atomic E-state index is 0.305. The first-order chi connectivity index (χ1) is 6.79. The number of alkyl halides is 1. The minimum atomic E-state index is 0.305. The zero-order valence-electron chi connectivity index (χ0n) is 7.17. The molecule has 0 fully saturated rings. The molecule has 0 amide bonds. The number of fused-ring (bicyclic) bond motifs is 1. The fraction of sp³-hybridized carbons (Fsp3) is 0.222. The fourth-order valence-electron chi connectivity index (χ4n) is 1.07. The van der Waals surface area contributed by atoms with Gasteiger partial charge in [0.1, 0.15) is 12.1 Å². The Morgan fingerprint density at radius 2 is 2.36 bits per heavy atom. The van der Waals surface area contributed by atoms with Crippen LogP contribution in [0.3, 0.4) is 0 Å². The molecule has 5 heteroatoms. The molecule has 0 aliphatic rings. The van der Waals surface area contributed by atoms with Crippen LogP contribution < -0.4 is 4.74 Å². The van der Waals surface area contributed by atoms with Crippen LogP contribution in [0.4, 0.5) is 0 Å². The number of nitrogens with zero attached hydrogens (tertiary/aromatic N) is 1. The lowest BCUT2D eigenvalue weighted by molar-refractivity contribution is 0.255. The van der Waals surface area contributed by atoms with Crippen molar-refractivity contribution in [2.75, 3.05) is 11.0 Å². The maximum atomic E-state index is 5.81. The first kappa shape index (κ1) is 10.0. The quantitative estimate of drug-likeness (QED) is 0.642. The summed E-state index contributed by atoms with van der Waals surface area (Å²) in [5.74, 6) is 0. The molecule has 2 aromatic rings. The Balaban J connectivity index is 2.32. The summed E-state index contributed by atoms with van der Waals surface area (Å²) in [5, 5.41) is 0.645. The number of ether oxygens (including phenoxy) is 1. The molecular weight excluding hydrogens is 316 g/mol. The number of hydrogen-bond acceptors (Lipinski definition) is 3. The smallest absolute Gasteiger partial charge is 0.394 e. The van der Waals surface area contributed by atoms with E-state index in [9.17, 15) is 0 Å². The van der Waals surface area contributed by atoms with Gasteiger partial charge in [-0.15, -0.1) is 0 Å². The highest BCUT2D eigenvalue weighted by molar-refractivity contribution is 14.1. The second-order valence-corrected chi connectivity index (χ2v) is 4.14. The van der Waals surface area contributed by atoms with Crippen molar-refractivity contribution in [2.45, 2.75) is 0 Å². The Kier molecular flexibility index (Phi) is 3.12. The number of rotatable bonds is 3. The lowest BCUT2D eigenvalue weighted by Crippen LogP contribution is -1.97. The van der Waals surface area contributed by atoms with Crippen LogP contribution in [0.15, 0.2) is 22.6 Å². The van der Waals surface area contributed by atoms with Crippen molar-refractivity contribution in [3.05, 3.63) is 23.2 Å². The summed E-state index contributed by atoms with van der Waals surface area (Å²) in [5.41, 5.74) is 1.42. The molecule has 0 N–H and O–H groups in total. The SMILES string of the molecule is Clc1ccc2oc(OCCI)nc2c1. The van der Waals surface area contributed by atoms with Crippen molar-refractivity contribution in [1.29, 1.82) is 0 Å². The number of benzene rings is 1. The molecule has 1 aromatic carbocycles. The Hall–Kier alpha value is -0.490. The van der Waals surface area contributed by atoms with E-state index in [0.29, 0.717) is 23.3 Å². The number of oxazole rings is 1. The highest BCUT2D eigenvalue weighted by Gasteiger charge is 2.06. The van der Waals surface area contributed by atoms with Crippen LogP contribution in [-0.2, 0) is 0 Å². The third-order valence-corrected chi connectivity index (χ3v) is 2.31. The van der Waals surface area contributed by atoms with Crippen LogP contribution in [0.2, 0.25) is 5.02 Å². The van der Waals surface area contributed by atoms with E-state index in [4.69, 9.17) is 20.8 Å². The fourth-order valence-corrected chi connectivity index (χ4v) is 1.45. The molecule has 3 nitrogen and oxygen atoms in total. The first-order valence-electron chi connectivity index (χ1n) is 4.04. The Bertz CT molecular complexity index is 443. The molecular formula is C9H7ClINO2. The van der Waals surface area contributed by atoms with Crippen molar-refractivity contribution < 1.29 is 9.15 Å². The van der Waals surface area contributed by atoms with Crippen molar-refractivity contribution in [2.24, 2.45) is 0 Å². The van der Waals surface area contributed by atoms with Gasteiger partial charge in [-0.2, -0.15) is 4.98 Å². The largest absolute Gasteiger partial charge is 0.449 e. The van der Waals surface area contributed by atoms with E-state index in [-0.39, 0.29) is 0 Å². The van der Waals surface area contributed by atoms with Gasteiger partial charge in [-0.1, -0.05) is 34.2 Å². The monoisotopic (exact) mass is 323 g/mol. The third kappa shape index (κ3) is 2.12. The van der Waals surface area contributed by atoms with Crippen LogP contribution in [0.25, 0.3) is 11.1 Å². The van der Waals surface area contributed by atoms with Crippen LogP contribution in [0.1, 0.15) is 0 Å². The summed E-state index contributed by atoms with van der Waals surface area (Å²) in [7, 11) is 0. The van der Waals surface area contributed by atoms with Gasteiger partial charge in [0.25, 0.3) is 0 Å². The van der Waals surface area contributed by atoms with Gasteiger partial charge in [0, 0.05) is 9.45 Å². The number of halogens is 2. The predicted molar refractivity (Wildman–Crippen MR) is 63.4 cm³/mol. The molecule has 1 aromatic heterocycles. The third-order valence-electron chi connectivity index (χ3n) is 1.63. The molecule has 0 saturated carbocycles. The molecule has 0 spiro atoms. The standard InChI is InChI=1S/C9H7ClINO2/c10-6-1-2-8-7(5-6)12-9(14-8)13-4-3-11/h1-2,5H,3-4H2. The molecule has 14 heavy (non-hydrogen) atoms. The summed E-state index contributed by atoms with van der Waals surface area (Å²) in [6, 6.07) is 5.29. The lowest BCUT2D eigenvalue weighted by atomic mass is 10.3. The van der Waals surface area contributed by atoms with Crippen molar-refractivity contribution in [3.8, 4) is 6.08 Å². The number of aromatic nitrogens is 1. The first-order valence-corrected chi connectivity index (χ1v) is 5.95. The molecule has 0 aliphatic carbocycles. The average molecular weight is 324 g/mol. The van der Waals surface area contributed by atoms with Gasteiger partial charge in [0.05, 0.1) is 0 Å². The van der Waals surface area contributed by atoms with Gasteiger partial charge in [0.2, 0.25) is 0 Å². The van der Waals surface area contributed by atoms with Gasteiger partial charge < -0.3 is 9.15 Å². The maximum Gasteiger partial charge on any atom is 0.394 e. The molecule has 0 atom stereocenters. The van der Waals surface area contributed by atoms with Gasteiger partial charge in [0.15, 0.2) is 5.58 Å². The van der Waals surface area contributed by atoms with E-state index in [1.165, 1.54) is 0 Å². The second-order valence-electron chi connectivity index (χ2n) is 2.63. The van der Waals surface area contributed by atoms with E-state index < -0.39 is 0 Å². The zero-order chi connectivity index (χ0) is 9.97. The molecule has 1 heterocycles. The molecule has 0 saturated heterocycles. The van der Waals surface area contributed by atoms with Crippen LogP contribution in [0.5, 0.6) is 6.08 Å². The Labute approximate surface area is 99.5 Å². The molecule has 2 rings (SSSR count). The van der Waals surface area contributed by atoms with E-state index in [1.807, 2.05) is 0 Å². The normalized spacial score (nSPS) is 10.7. The molecule has 0 radical (unpaired) electrons. The van der Waals surface area contributed by atoms with E-state index >= 15 is 0 Å². The summed E-state index contributed by atoms with van der Waals surface area (Å²) in [6.45, 7) is 0.598. The van der Waals surface area contributed by atoms with Crippen LogP contribution >= 0.6 is 34.2 Å². The van der Waals surface area contributed by atoms with Crippen LogP contribution in [0, 0.1) is 0 Å². The van der Waals surface area contributed by atoms with Gasteiger partial charge >= 0.3 is 6.08 Å². The lowest BCUT2D eigenvalue weighted by Gasteiger charge is -1.94. The van der Waals surface area contributed by atoms with Gasteiger partial charge in [-0.05, 0) is 18.2 Å². The minimum Gasteiger partial charge on any atom is -0.449 e. The van der Waals surface area contributed by atoms with Gasteiger partial charge in [-0.25, -0.2) is 0 Å². The van der Waals surface area contributed by atoms with Crippen molar-refractivity contribution in [1.82, 2.24) is 4.98 Å². The average Bonchev–Trinajstić information content (AvgIpc) is 2.56. The molecule has 0 aliphatic heterocycles. The predicted octanol–water partition coefficient (Wildman–Crippen LogP) is 3.30. The zero-order valence-corrected chi connectivity index (χ0v) is 10.1. The van der Waals surface area contributed by atoms with E-state index in [0.717, 1.165) is 9.94 Å². The second kappa shape index (κ2) is 4.35. The van der Waals surface area contributed by atoms with Crippen molar-refractivity contribution >= 4 is 45.3 Å². The molecule has 74 valence electrons. The topological polar surface area (TPSA) is 35.3 Å². The van der Waals surface area contributed by atoms with E-state index in [1.54, 1.807) is 18.2 Å². The van der Waals surface area contributed by atoms with Gasteiger partial charge in [-0.3, -0.25) is 0 Å². The van der Waals surface area contributed by atoms with E-state index in [2.05, 4.69) is 27.6 Å². The van der Waals surface area contributed by atoms with Crippen molar-refractivity contribution in [3.63, 3.8) is 0 Å². The Morgan fingerprint density at radius 1 is 1.50 bits per heavy atom. The highest BCUT2D eigenvalue weighted by atomic mass is 127.